The van der Waals surface area contributed by atoms with Gasteiger partial charge in [-0.1, -0.05) is 13.8 Å². The van der Waals surface area contributed by atoms with Gasteiger partial charge in [0.1, 0.15) is 6.04 Å². The molecule has 0 aromatic carbocycles. The zero-order valence-electron chi connectivity index (χ0n) is 9.75. The summed E-state index contributed by atoms with van der Waals surface area (Å²) in [6, 6.07) is -0.307. The first-order chi connectivity index (χ1) is 7.02. The monoisotopic (exact) mass is 212 g/mol. The van der Waals surface area contributed by atoms with E-state index in [9.17, 15) is 9.59 Å². The molecule has 1 N–H and O–H groups in total. The highest BCUT2D eigenvalue weighted by atomic mass is 16.2. The van der Waals surface area contributed by atoms with Crippen LogP contribution < -0.4 is 5.32 Å². The molecule has 0 saturated carbocycles. The third kappa shape index (κ3) is 3.22. The summed E-state index contributed by atoms with van der Waals surface area (Å²) in [7, 11) is 0. The highest BCUT2D eigenvalue weighted by molar-refractivity contribution is 5.88. The number of hydrogen-bond acceptors (Lipinski definition) is 2. The number of carbonyl (C=O) groups is 2. The van der Waals surface area contributed by atoms with Crippen molar-refractivity contribution in [3.05, 3.63) is 0 Å². The second-order valence-electron chi connectivity index (χ2n) is 4.49. The topological polar surface area (TPSA) is 49.4 Å². The predicted octanol–water partition coefficient (Wildman–Crippen LogP) is 0.769. The number of piperazine rings is 1. The van der Waals surface area contributed by atoms with Crippen molar-refractivity contribution in [1.82, 2.24) is 10.2 Å². The molecule has 1 saturated heterocycles. The molecule has 1 unspecified atom stereocenters. The molecule has 1 aliphatic rings. The molecule has 0 bridgehead atoms. The first-order valence-electron chi connectivity index (χ1n) is 5.59. The Morgan fingerprint density at radius 3 is 2.87 bits per heavy atom. The van der Waals surface area contributed by atoms with Crippen LogP contribution in [0.3, 0.4) is 0 Å². The lowest BCUT2D eigenvalue weighted by molar-refractivity contribution is -0.142. The average Bonchev–Trinajstić information content (AvgIpc) is 2.18. The third-order valence-electron chi connectivity index (χ3n) is 2.75. The standard InChI is InChI=1S/C11H20N2O2/c1-8(2)4-5-10(14)13-7-6-12-11(15)9(13)3/h8-9H,4-7H2,1-3H3,(H,12,15). The fourth-order valence-electron chi connectivity index (χ4n) is 1.68. The Morgan fingerprint density at radius 2 is 2.27 bits per heavy atom. The zero-order chi connectivity index (χ0) is 11.4. The summed E-state index contributed by atoms with van der Waals surface area (Å²) in [6.07, 6.45) is 1.44. The summed E-state index contributed by atoms with van der Waals surface area (Å²) >= 11 is 0. The van der Waals surface area contributed by atoms with Gasteiger partial charge in [0.05, 0.1) is 0 Å². The molecule has 0 aromatic rings. The molecule has 0 spiro atoms. The van der Waals surface area contributed by atoms with Crippen LogP contribution in [0, 0.1) is 5.92 Å². The lowest BCUT2D eigenvalue weighted by atomic mass is 10.1. The van der Waals surface area contributed by atoms with Crippen LogP contribution in [0.25, 0.3) is 0 Å². The van der Waals surface area contributed by atoms with Crippen molar-refractivity contribution < 1.29 is 9.59 Å². The van der Waals surface area contributed by atoms with Crippen molar-refractivity contribution in [3.63, 3.8) is 0 Å². The van der Waals surface area contributed by atoms with Gasteiger partial charge >= 0.3 is 0 Å². The maximum absolute atomic E-state index is 11.8. The van der Waals surface area contributed by atoms with Gasteiger partial charge in [0.25, 0.3) is 0 Å². The first kappa shape index (κ1) is 12.0. The van der Waals surface area contributed by atoms with Crippen molar-refractivity contribution in [3.8, 4) is 0 Å². The highest BCUT2D eigenvalue weighted by Gasteiger charge is 2.28. The van der Waals surface area contributed by atoms with Crippen LogP contribution in [0.2, 0.25) is 0 Å². The van der Waals surface area contributed by atoms with Gasteiger partial charge in [0, 0.05) is 19.5 Å². The normalized spacial score (nSPS) is 21.7. The minimum atomic E-state index is -0.307. The summed E-state index contributed by atoms with van der Waals surface area (Å²) in [6.45, 7) is 7.20. The molecule has 0 radical (unpaired) electrons. The van der Waals surface area contributed by atoms with E-state index in [1.807, 2.05) is 0 Å². The summed E-state index contributed by atoms with van der Waals surface area (Å²) < 4.78 is 0. The molecule has 1 rings (SSSR count). The summed E-state index contributed by atoms with van der Waals surface area (Å²) in [5.74, 6) is 0.591. The van der Waals surface area contributed by atoms with Gasteiger partial charge in [-0.25, -0.2) is 0 Å². The van der Waals surface area contributed by atoms with Crippen LogP contribution in [-0.4, -0.2) is 35.8 Å². The molecular formula is C11H20N2O2. The van der Waals surface area contributed by atoms with Crippen LogP contribution in [0.1, 0.15) is 33.6 Å². The molecule has 1 atom stereocenters. The molecule has 1 heterocycles. The average molecular weight is 212 g/mol. The van der Waals surface area contributed by atoms with Gasteiger partial charge in [-0.05, 0) is 19.3 Å². The maximum atomic E-state index is 11.8. The predicted molar refractivity (Wildman–Crippen MR) is 58.3 cm³/mol. The fraction of sp³-hybridized carbons (Fsp3) is 0.818. The Kier molecular flexibility index (Phi) is 4.12. The van der Waals surface area contributed by atoms with Crippen LogP contribution in [-0.2, 0) is 9.59 Å². The Labute approximate surface area is 91.0 Å². The Bertz CT molecular complexity index is 251. The van der Waals surface area contributed by atoms with Gasteiger partial charge in [0.2, 0.25) is 11.8 Å². The number of carbonyl (C=O) groups excluding carboxylic acids is 2. The van der Waals surface area contributed by atoms with Gasteiger partial charge in [-0.2, -0.15) is 0 Å². The third-order valence-corrected chi connectivity index (χ3v) is 2.75. The van der Waals surface area contributed by atoms with E-state index in [0.29, 0.717) is 25.4 Å². The van der Waals surface area contributed by atoms with Gasteiger partial charge < -0.3 is 10.2 Å². The number of nitrogens with zero attached hydrogens (tertiary/aromatic N) is 1. The molecule has 0 aliphatic carbocycles. The van der Waals surface area contributed by atoms with Gasteiger partial charge in [0.15, 0.2) is 0 Å². The fourth-order valence-corrected chi connectivity index (χ4v) is 1.68. The Hall–Kier alpha value is -1.06. The van der Waals surface area contributed by atoms with E-state index < -0.39 is 0 Å². The van der Waals surface area contributed by atoms with Crippen molar-refractivity contribution in [2.75, 3.05) is 13.1 Å². The van der Waals surface area contributed by atoms with Crippen LogP contribution in [0.15, 0.2) is 0 Å². The van der Waals surface area contributed by atoms with Crippen molar-refractivity contribution >= 4 is 11.8 Å². The lowest BCUT2D eigenvalue weighted by Crippen LogP contribution is -2.55. The van der Waals surface area contributed by atoms with E-state index in [4.69, 9.17) is 0 Å². The highest BCUT2D eigenvalue weighted by Crippen LogP contribution is 2.10. The molecule has 4 nitrogen and oxygen atoms in total. The SMILES string of the molecule is CC(C)CCC(=O)N1CCNC(=O)C1C. The van der Waals surface area contributed by atoms with Crippen LogP contribution >= 0.6 is 0 Å². The van der Waals surface area contributed by atoms with Crippen LogP contribution in [0.5, 0.6) is 0 Å². The quantitative estimate of drug-likeness (QED) is 0.751. The van der Waals surface area contributed by atoms with Gasteiger partial charge in [-0.3, -0.25) is 9.59 Å². The van der Waals surface area contributed by atoms with Crippen molar-refractivity contribution in [1.29, 1.82) is 0 Å². The zero-order valence-corrected chi connectivity index (χ0v) is 9.75. The van der Waals surface area contributed by atoms with E-state index >= 15 is 0 Å². The Balaban J connectivity index is 2.47. The molecule has 1 fully saturated rings. The number of amides is 2. The largest absolute Gasteiger partial charge is 0.353 e. The lowest BCUT2D eigenvalue weighted by Gasteiger charge is -2.33. The number of rotatable bonds is 3. The molecule has 4 heteroatoms. The van der Waals surface area contributed by atoms with E-state index in [1.165, 1.54) is 0 Å². The molecule has 2 amide bonds. The Morgan fingerprint density at radius 1 is 1.60 bits per heavy atom. The van der Waals surface area contributed by atoms with E-state index in [2.05, 4.69) is 19.2 Å². The number of nitrogens with one attached hydrogen (secondary N) is 1. The maximum Gasteiger partial charge on any atom is 0.242 e. The summed E-state index contributed by atoms with van der Waals surface area (Å²) in [5.41, 5.74) is 0. The second-order valence-corrected chi connectivity index (χ2v) is 4.49. The van der Waals surface area contributed by atoms with Crippen molar-refractivity contribution in [2.24, 2.45) is 5.92 Å². The minimum Gasteiger partial charge on any atom is -0.353 e. The van der Waals surface area contributed by atoms with E-state index in [1.54, 1.807) is 11.8 Å². The minimum absolute atomic E-state index is 0.0425. The van der Waals surface area contributed by atoms with Crippen molar-refractivity contribution in [2.45, 2.75) is 39.7 Å². The smallest absolute Gasteiger partial charge is 0.242 e. The summed E-state index contributed by atoms with van der Waals surface area (Å²) in [4.78, 5) is 24.8. The number of hydrogen-bond donors (Lipinski definition) is 1. The van der Waals surface area contributed by atoms with E-state index in [0.717, 1.165) is 6.42 Å². The second kappa shape index (κ2) is 5.14. The van der Waals surface area contributed by atoms with Gasteiger partial charge in [-0.15, -0.1) is 0 Å². The summed E-state index contributed by atoms with van der Waals surface area (Å²) in [5, 5.41) is 2.75. The first-order valence-corrected chi connectivity index (χ1v) is 5.59. The molecule has 0 aromatic heterocycles. The van der Waals surface area contributed by atoms with Crippen LogP contribution in [0.4, 0.5) is 0 Å². The molecule has 15 heavy (non-hydrogen) atoms. The molecular weight excluding hydrogens is 192 g/mol. The van der Waals surface area contributed by atoms with E-state index in [-0.39, 0.29) is 17.9 Å². The molecule has 86 valence electrons. The molecule has 1 aliphatic heterocycles.